The van der Waals surface area contributed by atoms with Crippen molar-refractivity contribution in [3.8, 4) is 0 Å². The van der Waals surface area contributed by atoms with E-state index in [-0.39, 0.29) is 6.04 Å². The van der Waals surface area contributed by atoms with Crippen molar-refractivity contribution >= 4 is 5.97 Å². The second-order valence-corrected chi connectivity index (χ2v) is 4.98. The molecule has 1 aromatic rings. The van der Waals surface area contributed by atoms with Crippen LogP contribution in [0.1, 0.15) is 44.8 Å². The average Bonchev–Trinajstić information content (AvgIpc) is 3.06. The summed E-state index contributed by atoms with van der Waals surface area (Å²) in [5, 5.41) is 9.40. The number of furan rings is 1. The number of aliphatic carboxylic acids is 1. The fourth-order valence-corrected chi connectivity index (χ4v) is 2.31. The smallest absolute Gasteiger partial charge is 0.320 e. The Morgan fingerprint density at radius 1 is 1.61 bits per heavy atom. The molecule has 4 heteroatoms. The number of unbranched alkanes of at least 4 members (excludes halogenated alkanes) is 1. The molecule has 0 spiro atoms. The molecule has 1 fully saturated rings. The van der Waals surface area contributed by atoms with E-state index in [4.69, 9.17) is 4.42 Å². The summed E-state index contributed by atoms with van der Waals surface area (Å²) in [7, 11) is 0. The van der Waals surface area contributed by atoms with Crippen LogP contribution in [0.15, 0.2) is 22.8 Å². The Kier molecular flexibility index (Phi) is 4.42. The van der Waals surface area contributed by atoms with Crippen molar-refractivity contribution in [2.75, 3.05) is 0 Å². The van der Waals surface area contributed by atoms with Gasteiger partial charge in [-0.25, -0.2) is 0 Å². The van der Waals surface area contributed by atoms with Crippen LogP contribution in [0.25, 0.3) is 0 Å². The highest BCUT2D eigenvalue weighted by molar-refractivity contribution is 5.73. The Balaban J connectivity index is 2.03. The molecule has 1 N–H and O–H groups in total. The summed E-state index contributed by atoms with van der Waals surface area (Å²) in [5.41, 5.74) is 0. The second kappa shape index (κ2) is 6.05. The van der Waals surface area contributed by atoms with E-state index in [1.807, 2.05) is 12.1 Å². The van der Waals surface area contributed by atoms with E-state index < -0.39 is 5.97 Å². The Labute approximate surface area is 108 Å². The Bertz CT molecular complexity index is 370. The zero-order chi connectivity index (χ0) is 13.0. The van der Waals surface area contributed by atoms with Crippen LogP contribution in [0.5, 0.6) is 0 Å². The topological polar surface area (TPSA) is 53.7 Å². The first-order valence-corrected chi connectivity index (χ1v) is 6.73. The summed E-state index contributed by atoms with van der Waals surface area (Å²) in [4.78, 5) is 13.5. The molecular formula is C14H21NO3. The Hall–Kier alpha value is -1.29. The van der Waals surface area contributed by atoms with Crippen LogP contribution in [0.2, 0.25) is 0 Å². The number of rotatable bonds is 8. The standard InChI is InChI=1S/C14H21NO3/c1-2-3-6-13(14(16)17)15(11-7-8-11)10-12-5-4-9-18-12/h4-5,9,11,13H,2-3,6-8,10H2,1H3,(H,16,17). The van der Waals surface area contributed by atoms with Crippen LogP contribution in [0, 0.1) is 0 Å². The van der Waals surface area contributed by atoms with Gasteiger partial charge in [0.2, 0.25) is 0 Å². The van der Waals surface area contributed by atoms with Crippen molar-refractivity contribution in [3.63, 3.8) is 0 Å². The Morgan fingerprint density at radius 2 is 2.39 bits per heavy atom. The van der Waals surface area contributed by atoms with Crippen LogP contribution in [-0.2, 0) is 11.3 Å². The molecule has 0 aliphatic heterocycles. The lowest BCUT2D eigenvalue weighted by Crippen LogP contribution is -2.42. The average molecular weight is 251 g/mol. The molecule has 0 radical (unpaired) electrons. The van der Waals surface area contributed by atoms with Gasteiger partial charge in [0.25, 0.3) is 0 Å². The number of carboxylic acid groups (broad SMARTS) is 1. The molecule has 100 valence electrons. The van der Waals surface area contributed by atoms with E-state index in [1.165, 1.54) is 0 Å². The van der Waals surface area contributed by atoms with Crippen LogP contribution in [0.3, 0.4) is 0 Å². The molecule has 1 aromatic heterocycles. The van der Waals surface area contributed by atoms with Gasteiger partial charge in [-0.2, -0.15) is 0 Å². The monoisotopic (exact) mass is 251 g/mol. The lowest BCUT2D eigenvalue weighted by atomic mass is 10.1. The maximum atomic E-state index is 11.4. The molecule has 1 aliphatic carbocycles. The van der Waals surface area contributed by atoms with Gasteiger partial charge in [0.15, 0.2) is 0 Å². The second-order valence-electron chi connectivity index (χ2n) is 4.98. The van der Waals surface area contributed by atoms with Crippen molar-refractivity contribution in [1.82, 2.24) is 4.90 Å². The molecule has 1 aliphatic rings. The predicted molar refractivity (Wildman–Crippen MR) is 68.2 cm³/mol. The summed E-state index contributed by atoms with van der Waals surface area (Å²) in [6, 6.07) is 3.81. The number of carbonyl (C=O) groups is 1. The van der Waals surface area contributed by atoms with E-state index in [0.717, 1.165) is 37.9 Å². The third-order valence-electron chi connectivity index (χ3n) is 3.45. The van der Waals surface area contributed by atoms with E-state index >= 15 is 0 Å². The van der Waals surface area contributed by atoms with Gasteiger partial charge in [0, 0.05) is 6.04 Å². The minimum atomic E-state index is -0.707. The maximum absolute atomic E-state index is 11.4. The first-order valence-electron chi connectivity index (χ1n) is 6.73. The first-order chi connectivity index (χ1) is 8.72. The maximum Gasteiger partial charge on any atom is 0.320 e. The lowest BCUT2D eigenvalue weighted by Gasteiger charge is -2.28. The van der Waals surface area contributed by atoms with Crippen LogP contribution >= 0.6 is 0 Å². The highest BCUT2D eigenvalue weighted by atomic mass is 16.4. The summed E-state index contributed by atoms with van der Waals surface area (Å²) >= 11 is 0. The van der Waals surface area contributed by atoms with Gasteiger partial charge >= 0.3 is 5.97 Å². The molecule has 4 nitrogen and oxygen atoms in total. The van der Waals surface area contributed by atoms with Crippen molar-refractivity contribution in [3.05, 3.63) is 24.2 Å². The normalized spacial score (nSPS) is 17.0. The summed E-state index contributed by atoms with van der Waals surface area (Å²) in [6.07, 6.45) is 6.57. The third kappa shape index (κ3) is 3.35. The number of hydrogen-bond donors (Lipinski definition) is 1. The van der Waals surface area contributed by atoms with Crippen molar-refractivity contribution in [2.24, 2.45) is 0 Å². The minimum absolute atomic E-state index is 0.373. The summed E-state index contributed by atoms with van der Waals surface area (Å²) < 4.78 is 5.34. The van der Waals surface area contributed by atoms with Crippen molar-refractivity contribution in [2.45, 2.75) is 57.7 Å². The van der Waals surface area contributed by atoms with Crippen molar-refractivity contribution < 1.29 is 14.3 Å². The molecule has 18 heavy (non-hydrogen) atoms. The third-order valence-corrected chi connectivity index (χ3v) is 3.45. The SMILES string of the molecule is CCCCC(C(=O)O)N(Cc1ccco1)C1CC1. The molecule has 2 rings (SSSR count). The molecular weight excluding hydrogens is 230 g/mol. The molecule has 0 saturated heterocycles. The zero-order valence-electron chi connectivity index (χ0n) is 10.8. The summed E-state index contributed by atoms with van der Waals surface area (Å²) in [5.74, 6) is 0.145. The Morgan fingerprint density at radius 3 is 2.89 bits per heavy atom. The van der Waals surface area contributed by atoms with E-state index in [2.05, 4.69) is 11.8 Å². The fourth-order valence-electron chi connectivity index (χ4n) is 2.31. The molecule has 0 bridgehead atoms. The van der Waals surface area contributed by atoms with Crippen LogP contribution in [0.4, 0.5) is 0 Å². The highest BCUT2D eigenvalue weighted by Gasteiger charge is 2.37. The number of hydrogen-bond acceptors (Lipinski definition) is 3. The quantitative estimate of drug-likeness (QED) is 0.772. The predicted octanol–water partition coefficient (Wildman–Crippen LogP) is 2.89. The highest BCUT2D eigenvalue weighted by Crippen LogP contribution is 2.31. The number of carboxylic acids is 1. The molecule has 0 aromatic carbocycles. The molecule has 1 heterocycles. The lowest BCUT2D eigenvalue weighted by molar-refractivity contribution is -0.144. The van der Waals surface area contributed by atoms with Crippen LogP contribution in [-0.4, -0.2) is 28.1 Å². The van der Waals surface area contributed by atoms with Gasteiger partial charge in [-0.05, 0) is 31.4 Å². The van der Waals surface area contributed by atoms with Gasteiger partial charge < -0.3 is 9.52 Å². The van der Waals surface area contributed by atoms with E-state index in [9.17, 15) is 9.90 Å². The van der Waals surface area contributed by atoms with E-state index in [1.54, 1.807) is 6.26 Å². The molecule has 1 atom stereocenters. The molecule has 1 saturated carbocycles. The zero-order valence-corrected chi connectivity index (χ0v) is 10.8. The van der Waals surface area contributed by atoms with Gasteiger partial charge in [-0.1, -0.05) is 19.8 Å². The molecule has 1 unspecified atom stereocenters. The van der Waals surface area contributed by atoms with Crippen LogP contribution < -0.4 is 0 Å². The first kappa shape index (κ1) is 13.1. The number of nitrogens with zero attached hydrogens (tertiary/aromatic N) is 1. The molecule has 0 amide bonds. The fraction of sp³-hybridized carbons (Fsp3) is 0.643. The minimum Gasteiger partial charge on any atom is -0.480 e. The van der Waals surface area contributed by atoms with Gasteiger partial charge in [0.05, 0.1) is 12.8 Å². The van der Waals surface area contributed by atoms with Crippen molar-refractivity contribution in [1.29, 1.82) is 0 Å². The summed E-state index contributed by atoms with van der Waals surface area (Å²) in [6.45, 7) is 2.70. The largest absolute Gasteiger partial charge is 0.480 e. The van der Waals surface area contributed by atoms with Gasteiger partial charge in [0.1, 0.15) is 11.8 Å². The van der Waals surface area contributed by atoms with Gasteiger partial charge in [-0.3, -0.25) is 9.69 Å². The van der Waals surface area contributed by atoms with E-state index in [0.29, 0.717) is 12.6 Å². The van der Waals surface area contributed by atoms with Gasteiger partial charge in [-0.15, -0.1) is 0 Å².